The van der Waals surface area contributed by atoms with E-state index in [0.29, 0.717) is 19.4 Å². The molecule has 87 heavy (non-hydrogen) atoms. The lowest BCUT2D eigenvalue weighted by molar-refractivity contribution is -0.143. The van der Waals surface area contributed by atoms with E-state index in [4.69, 9.17) is 4.74 Å². The van der Waals surface area contributed by atoms with Crippen molar-refractivity contribution < 1.29 is 24.5 Å². The summed E-state index contributed by atoms with van der Waals surface area (Å²) >= 11 is 0. The summed E-state index contributed by atoms with van der Waals surface area (Å²) in [5.74, 6) is -0.0378. The molecule has 0 aromatic rings. The third-order valence-electron chi connectivity index (χ3n) is 19.0. The first-order valence-electron chi connectivity index (χ1n) is 40.1. The molecule has 0 heterocycles. The molecule has 0 aromatic carbocycles. The molecule has 516 valence electrons. The van der Waals surface area contributed by atoms with Gasteiger partial charge in [0.25, 0.3) is 0 Å². The van der Waals surface area contributed by atoms with E-state index in [1.807, 2.05) is 6.08 Å². The van der Waals surface area contributed by atoms with Gasteiger partial charge in [0.05, 0.1) is 25.4 Å². The Bertz CT molecular complexity index is 1360. The normalized spacial score (nSPS) is 12.6. The Kier molecular flexibility index (Phi) is 75.3. The van der Waals surface area contributed by atoms with Crippen molar-refractivity contribution in [3.63, 3.8) is 0 Å². The van der Waals surface area contributed by atoms with Crippen molar-refractivity contribution in [3.8, 4) is 0 Å². The molecule has 0 rings (SSSR count). The van der Waals surface area contributed by atoms with Crippen LogP contribution in [0, 0.1) is 0 Å². The van der Waals surface area contributed by atoms with Gasteiger partial charge >= 0.3 is 5.97 Å². The number of amides is 1. The van der Waals surface area contributed by atoms with E-state index < -0.39 is 12.1 Å². The van der Waals surface area contributed by atoms with Gasteiger partial charge in [-0.15, -0.1) is 0 Å². The van der Waals surface area contributed by atoms with Crippen LogP contribution in [-0.4, -0.2) is 47.4 Å². The highest BCUT2D eigenvalue weighted by atomic mass is 16.5. The van der Waals surface area contributed by atoms with Crippen LogP contribution in [0.2, 0.25) is 0 Å². The number of hydrogen-bond acceptors (Lipinski definition) is 5. The lowest BCUT2D eigenvalue weighted by Crippen LogP contribution is -2.45. The highest BCUT2D eigenvalue weighted by Crippen LogP contribution is 2.20. The molecule has 3 N–H and O–H groups in total. The number of ether oxygens (including phenoxy) is 1. The molecule has 0 spiro atoms. The third-order valence-corrected chi connectivity index (χ3v) is 19.0. The summed E-state index contributed by atoms with van der Waals surface area (Å²) in [7, 11) is 0. The molecule has 0 aromatic heterocycles. The molecule has 0 bridgehead atoms. The number of carbonyl (C=O) groups is 2. The Balaban J connectivity index is 3.28. The third kappa shape index (κ3) is 73.3. The van der Waals surface area contributed by atoms with E-state index in [1.165, 1.54) is 392 Å². The summed E-state index contributed by atoms with van der Waals surface area (Å²) in [5, 5.41) is 23.2. The average molecular weight is 1230 g/mol. The van der Waals surface area contributed by atoms with E-state index in [2.05, 4.69) is 31.3 Å². The fourth-order valence-electron chi connectivity index (χ4n) is 12.9. The number of hydrogen-bond donors (Lipinski definition) is 3. The molecular formula is C81H157NO5. The Hall–Kier alpha value is -1.66. The quantitative estimate of drug-likeness (QED) is 0.0320. The van der Waals surface area contributed by atoms with Gasteiger partial charge in [-0.1, -0.05) is 411 Å². The maximum atomic E-state index is 12.5. The number of rotatable bonds is 76. The zero-order chi connectivity index (χ0) is 62.8. The van der Waals surface area contributed by atoms with Crippen LogP contribution in [-0.2, 0) is 14.3 Å². The van der Waals surface area contributed by atoms with Crippen LogP contribution in [0.5, 0.6) is 0 Å². The van der Waals surface area contributed by atoms with Crippen molar-refractivity contribution in [2.24, 2.45) is 0 Å². The highest BCUT2D eigenvalue weighted by Gasteiger charge is 2.18. The van der Waals surface area contributed by atoms with Crippen LogP contribution in [0.25, 0.3) is 0 Å². The Morgan fingerprint density at radius 3 is 0.816 bits per heavy atom. The van der Waals surface area contributed by atoms with Crippen molar-refractivity contribution in [3.05, 3.63) is 24.3 Å². The number of unbranched alkanes of at least 4 members (excludes halogenated alkanes) is 63. The minimum atomic E-state index is -0.839. The monoisotopic (exact) mass is 1220 g/mol. The number of aliphatic hydroxyl groups excluding tert-OH is 2. The summed E-state index contributed by atoms with van der Waals surface area (Å²) < 4.78 is 5.51. The van der Waals surface area contributed by atoms with Gasteiger partial charge in [-0.05, 0) is 57.8 Å². The highest BCUT2D eigenvalue weighted by molar-refractivity contribution is 5.76. The van der Waals surface area contributed by atoms with Crippen LogP contribution in [0.15, 0.2) is 24.3 Å². The fraction of sp³-hybridized carbons (Fsp3) is 0.926. The molecule has 0 saturated heterocycles. The standard InChI is InChI=1S/C81H157NO5/c1-3-5-7-9-11-13-15-17-19-43-47-51-55-59-63-67-71-75-81(86)87-76-72-68-64-60-56-52-48-45-42-40-38-36-34-32-30-28-26-24-22-20-21-23-25-27-29-31-33-35-37-39-41-44-46-50-54-58-62-66-70-74-80(85)82-78(77-83)79(84)73-69-65-61-57-53-49-18-16-14-12-10-8-6-4-2/h17,19,69,73,78-79,83-84H,3-16,18,20-68,70-72,74-77H2,1-2H3,(H,82,85)/b19-17-,73-69+. The van der Waals surface area contributed by atoms with Crippen LogP contribution < -0.4 is 5.32 Å². The largest absolute Gasteiger partial charge is 0.466 e. The second-order valence-electron chi connectivity index (χ2n) is 27.8. The van der Waals surface area contributed by atoms with Gasteiger partial charge in [0.15, 0.2) is 0 Å². The minimum absolute atomic E-state index is 0.0214. The summed E-state index contributed by atoms with van der Waals surface area (Å²) in [4.78, 5) is 24.6. The maximum Gasteiger partial charge on any atom is 0.305 e. The summed E-state index contributed by atoms with van der Waals surface area (Å²) in [6, 6.07) is -0.622. The van der Waals surface area contributed by atoms with Crippen LogP contribution in [0.1, 0.15) is 457 Å². The number of carbonyl (C=O) groups excluding carboxylic acids is 2. The van der Waals surface area contributed by atoms with E-state index in [-0.39, 0.29) is 18.5 Å². The first kappa shape index (κ1) is 85.3. The zero-order valence-corrected chi connectivity index (χ0v) is 59.3. The SMILES string of the molecule is CCCCCCCC/C=C\CCCCCCCCCC(=O)OCCCCCCCCCCCCCCCCCCCCCCCCCCCCCCCCCCCCCCCCCC(=O)NC(CO)C(O)/C=C/CCCCCCCCCCCCCC. The van der Waals surface area contributed by atoms with Crippen molar-refractivity contribution in [2.45, 2.75) is 469 Å². The predicted molar refractivity (Wildman–Crippen MR) is 384 cm³/mol. The Morgan fingerprint density at radius 2 is 0.540 bits per heavy atom. The number of esters is 1. The molecule has 6 heteroatoms. The molecule has 0 saturated carbocycles. The molecule has 0 fully saturated rings. The van der Waals surface area contributed by atoms with E-state index in [0.717, 1.165) is 38.5 Å². The zero-order valence-electron chi connectivity index (χ0n) is 59.3. The topological polar surface area (TPSA) is 95.9 Å². The molecule has 0 aliphatic rings. The maximum absolute atomic E-state index is 12.5. The number of nitrogens with one attached hydrogen (secondary N) is 1. The molecule has 2 unspecified atom stereocenters. The average Bonchev–Trinajstić information content (AvgIpc) is 3.53. The second kappa shape index (κ2) is 76.8. The molecule has 6 nitrogen and oxygen atoms in total. The molecule has 0 aliphatic heterocycles. The van der Waals surface area contributed by atoms with Gasteiger partial charge in [-0.3, -0.25) is 9.59 Å². The Labute approximate surface area is 545 Å². The molecule has 1 amide bonds. The summed E-state index contributed by atoms with van der Waals surface area (Å²) in [6.07, 6.45) is 98.9. The first-order chi connectivity index (χ1) is 43.0. The summed E-state index contributed by atoms with van der Waals surface area (Å²) in [5.41, 5.74) is 0. The van der Waals surface area contributed by atoms with Crippen LogP contribution in [0.4, 0.5) is 0 Å². The molecule has 2 atom stereocenters. The smallest absolute Gasteiger partial charge is 0.305 e. The molecule has 0 aliphatic carbocycles. The van der Waals surface area contributed by atoms with Gasteiger partial charge in [-0.2, -0.15) is 0 Å². The van der Waals surface area contributed by atoms with Crippen molar-refractivity contribution in [2.75, 3.05) is 13.2 Å². The lowest BCUT2D eigenvalue weighted by atomic mass is 10.0. The molecular weight excluding hydrogens is 1070 g/mol. The predicted octanol–water partition coefficient (Wildman–Crippen LogP) is 26.4. The van der Waals surface area contributed by atoms with Crippen molar-refractivity contribution in [1.29, 1.82) is 0 Å². The van der Waals surface area contributed by atoms with Crippen LogP contribution >= 0.6 is 0 Å². The van der Waals surface area contributed by atoms with Gasteiger partial charge in [0.2, 0.25) is 5.91 Å². The minimum Gasteiger partial charge on any atom is -0.466 e. The number of aliphatic hydroxyl groups is 2. The first-order valence-corrected chi connectivity index (χ1v) is 40.1. The number of allylic oxidation sites excluding steroid dienone is 3. The van der Waals surface area contributed by atoms with Crippen LogP contribution in [0.3, 0.4) is 0 Å². The summed E-state index contributed by atoms with van der Waals surface area (Å²) in [6.45, 7) is 4.94. The van der Waals surface area contributed by atoms with Crippen molar-refractivity contribution >= 4 is 11.9 Å². The van der Waals surface area contributed by atoms with Gasteiger partial charge in [0.1, 0.15) is 0 Å². The van der Waals surface area contributed by atoms with E-state index in [9.17, 15) is 19.8 Å². The second-order valence-corrected chi connectivity index (χ2v) is 27.8. The van der Waals surface area contributed by atoms with Crippen molar-refractivity contribution in [1.82, 2.24) is 5.32 Å². The Morgan fingerprint density at radius 1 is 0.310 bits per heavy atom. The lowest BCUT2D eigenvalue weighted by Gasteiger charge is -2.20. The van der Waals surface area contributed by atoms with Gasteiger partial charge in [-0.25, -0.2) is 0 Å². The van der Waals surface area contributed by atoms with E-state index in [1.54, 1.807) is 6.08 Å². The molecule has 0 radical (unpaired) electrons. The van der Waals surface area contributed by atoms with Gasteiger partial charge < -0.3 is 20.3 Å². The van der Waals surface area contributed by atoms with E-state index >= 15 is 0 Å². The van der Waals surface area contributed by atoms with Gasteiger partial charge in [0, 0.05) is 12.8 Å². The fourth-order valence-corrected chi connectivity index (χ4v) is 12.9.